The van der Waals surface area contributed by atoms with Gasteiger partial charge in [0.1, 0.15) is 0 Å². The minimum Gasteiger partial charge on any atom is -0.473 e. The van der Waals surface area contributed by atoms with E-state index in [1.165, 1.54) is 5.56 Å². The van der Waals surface area contributed by atoms with Crippen LogP contribution in [-0.2, 0) is 25.5 Å². The zero-order valence-corrected chi connectivity index (χ0v) is 18.9. The second kappa shape index (κ2) is 13.9. The van der Waals surface area contributed by atoms with E-state index < -0.39 is 11.9 Å². The molecule has 0 amide bonds. The third-order valence-corrected chi connectivity index (χ3v) is 5.36. The minimum absolute atomic E-state index is 0.147. The van der Waals surface area contributed by atoms with Gasteiger partial charge in [0.15, 0.2) is 0 Å². The van der Waals surface area contributed by atoms with E-state index in [-0.39, 0.29) is 5.97 Å². The van der Waals surface area contributed by atoms with Gasteiger partial charge in [-0.05, 0) is 48.9 Å². The minimum atomic E-state index is -1.82. The molecule has 176 valence electrons. The average molecular weight is 454 g/mol. The highest BCUT2D eigenvalue weighted by molar-refractivity contribution is 6.27. The van der Waals surface area contributed by atoms with Crippen molar-refractivity contribution < 1.29 is 29.3 Å². The SMILES string of the molecule is CCN1CCC(c2ccccc2)=C(C(=O)OCCCCc2ccccc2)C1.O=C(O)C(=O)O. The van der Waals surface area contributed by atoms with Crippen molar-refractivity contribution in [3.8, 4) is 0 Å². The molecule has 2 aromatic carbocycles. The molecular formula is C26H31NO6. The van der Waals surface area contributed by atoms with Gasteiger partial charge in [0.25, 0.3) is 0 Å². The van der Waals surface area contributed by atoms with Gasteiger partial charge in [0.2, 0.25) is 0 Å². The average Bonchev–Trinajstić information content (AvgIpc) is 2.84. The van der Waals surface area contributed by atoms with Crippen molar-refractivity contribution in [2.75, 3.05) is 26.2 Å². The number of hydrogen-bond acceptors (Lipinski definition) is 5. The summed E-state index contributed by atoms with van der Waals surface area (Å²) in [5.41, 5.74) is 4.46. The molecule has 1 aliphatic rings. The predicted octanol–water partition coefficient (Wildman–Crippen LogP) is 3.89. The molecule has 0 spiro atoms. The zero-order valence-electron chi connectivity index (χ0n) is 18.9. The van der Waals surface area contributed by atoms with Crippen LogP contribution in [0.25, 0.3) is 5.57 Å². The maximum atomic E-state index is 12.8. The Hall–Kier alpha value is -3.45. The summed E-state index contributed by atoms with van der Waals surface area (Å²) in [7, 11) is 0. The second-order valence-corrected chi connectivity index (χ2v) is 7.63. The summed E-state index contributed by atoms with van der Waals surface area (Å²) >= 11 is 0. The fraction of sp³-hybridized carbons (Fsp3) is 0.346. The lowest BCUT2D eigenvalue weighted by Crippen LogP contribution is -2.34. The van der Waals surface area contributed by atoms with Crippen LogP contribution >= 0.6 is 0 Å². The number of carboxylic acid groups (broad SMARTS) is 2. The quantitative estimate of drug-likeness (QED) is 0.355. The van der Waals surface area contributed by atoms with Gasteiger partial charge in [-0.15, -0.1) is 0 Å². The second-order valence-electron chi connectivity index (χ2n) is 7.63. The highest BCUT2D eigenvalue weighted by Gasteiger charge is 2.24. The van der Waals surface area contributed by atoms with Crippen LogP contribution in [0, 0.1) is 0 Å². The summed E-state index contributed by atoms with van der Waals surface area (Å²) in [4.78, 5) is 33.3. The Morgan fingerprint density at radius 1 is 0.909 bits per heavy atom. The molecular weight excluding hydrogens is 422 g/mol. The number of unbranched alkanes of at least 4 members (excludes halogenated alkanes) is 1. The van der Waals surface area contributed by atoms with E-state index in [0.29, 0.717) is 13.2 Å². The van der Waals surface area contributed by atoms with Crippen molar-refractivity contribution >= 4 is 23.5 Å². The van der Waals surface area contributed by atoms with Crippen molar-refractivity contribution in [1.29, 1.82) is 0 Å². The summed E-state index contributed by atoms with van der Waals surface area (Å²) in [6.45, 7) is 5.26. The monoisotopic (exact) mass is 453 g/mol. The Morgan fingerprint density at radius 2 is 1.52 bits per heavy atom. The molecule has 0 saturated heterocycles. The number of carbonyl (C=O) groups is 3. The molecule has 0 unspecified atom stereocenters. The van der Waals surface area contributed by atoms with Crippen LogP contribution in [0.3, 0.4) is 0 Å². The first-order valence-corrected chi connectivity index (χ1v) is 11.1. The van der Waals surface area contributed by atoms with E-state index in [0.717, 1.165) is 55.5 Å². The van der Waals surface area contributed by atoms with Crippen molar-refractivity contribution in [3.05, 3.63) is 77.4 Å². The van der Waals surface area contributed by atoms with Gasteiger partial charge in [0, 0.05) is 13.1 Å². The van der Waals surface area contributed by atoms with Crippen LogP contribution in [0.4, 0.5) is 0 Å². The third kappa shape index (κ3) is 8.90. The molecule has 2 aromatic rings. The molecule has 33 heavy (non-hydrogen) atoms. The summed E-state index contributed by atoms with van der Waals surface area (Å²) < 4.78 is 5.64. The van der Waals surface area contributed by atoms with Gasteiger partial charge in [-0.2, -0.15) is 0 Å². The van der Waals surface area contributed by atoms with E-state index in [1.54, 1.807) is 0 Å². The molecule has 2 N–H and O–H groups in total. The van der Waals surface area contributed by atoms with Crippen LogP contribution < -0.4 is 0 Å². The van der Waals surface area contributed by atoms with E-state index in [4.69, 9.17) is 24.5 Å². The Kier molecular flexibility index (Phi) is 10.8. The van der Waals surface area contributed by atoms with E-state index in [2.05, 4.69) is 48.2 Å². The Labute approximate surface area is 194 Å². The third-order valence-electron chi connectivity index (χ3n) is 5.36. The van der Waals surface area contributed by atoms with E-state index in [1.807, 2.05) is 24.3 Å². The number of nitrogens with zero attached hydrogens (tertiary/aromatic N) is 1. The lowest BCUT2D eigenvalue weighted by atomic mass is 9.93. The van der Waals surface area contributed by atoms with Gasteiger partial charge >= 0.3 is 17.9 Å². The van der Waals surface area contributed by atoms with Gasteiger partial charge in [0.05, 0.1) is 12.2 Å². The molecule has 0 fully saturated rings. The van der Waals surface area contributed by atoms with E-state index >= 15 is 0 Å². The molecule has 7 heteroatoms. The van der Waals surface area contributed by atoms with Crippen molar-refractivity contribution in [2.24, 2.45) is 0 Å². The fourth-order valence-corrected chi connectivity index (χ4v) is 3.56. The molecule has 7 nitrogen and oxygen atoms in total. The number of aliphatic carboxylic acids is 2. The van der Waals surface area contributed by atoms with Crippen molar-refractivity contribution in [1.82, 2.24) is 4.90 Å². The highest BCUT2D eigenvalue weighted by atomic mass is 16.5. The summed E-state index contributed by atoms with van der Waals surface area (Å²) in [6, 6.07) is 20.7. The first-order valence-electron chi connectivity index (χ1n) is 11.1. The number of rotatable bonds is 8. The normalized spacial score (nSPS) is 13.6. The molecule has 1 heterocycles. The molecule has 3 rings (SSSR count). The highest BCUT2D eigenvalue weighted by Crippen LogP contribution is 2.28. The molecule has 0 bridgehead atoms. The topological polar surface area (TPSA) is 104 Å². The predicted molar refractivity (Wildman–Crippen MR) is 126 cm³/mol. The number of carboxylic acids is 2. The fourth-order valence-electron chi connectivity index (χ4n) is 3.56. The van der Waals surface area contributed by atoms with Gasteiger partial charge < -0.3 is 14.9 Å². The number of aryl methyl sites for hydroxylation is 1. The lowest BCUT2D eigenvalue weighted by molar-refractivity contribution is -0.159. The number of benzene rings is 2. The lowest BCUT2D eigenvalue weighted by Gasteiger charge is -2.29. The number of hydrogen-bond donors (Lipinski definition) is 2. The largest absolute Gasteiger partial charge is 0.473 e. The van der Waals surface area contributed by atoms with Crippen LogP contribution in [0.1, 0.15) is 37.3 Å². The van der Waals surface area contributed by atoms with Gasteiger partial charge in [-0.3, -0.25) is 4.90 Å². The van der Waals surface area contributed by atoms with Crippen LogP contribution in [0.2, 0.25) is 0 Å². The number of esters is 1. The molecule has 0 saturated carbocycles. The van der Waals surface area contributed by atoms with Crippen LogP contribution in [-0.4, -0.2) is 59.3 Å². The first-order chi connectivity index (χ1) is 15.9. The van der Waals surface area contributed by atoms with Gasteiger partial charge in [-0.1, -0.05) is 67.6 Å². The Balaban J connectivity index is 0.000000569. The van der Waals surface area contributed by atoms with Crippen LogP contribution in [0.5, 0.6) is 0 Å². The molecule has 0 atom stereocenters. The summed E-state index contributed by atoms with van der Waals surface area (Å²) in [6.07, 6.45) is 3.85. The molecule has 0 aromatic heterocycles. The zero-order chi connectivity index (χ0) is 24.1. The summed E-state index contributed by atoms with van der Waals surface area (Å²) in [5, 5.41) is 14.8. The Morgan fingerprint density at radius 3 is 2.09 bits per heavy atom. The smallest absolute Gasteiger partial charge is 0.414 e. The molecule has 0 aliphatic carbocycles. The molecule has 0 radical (unpaired) electrons. The van der Waals surface area contributed by atoms with Gasteiger partial charge in [-0.25, -0.2) is 14.4 Å². The maximum Gasteiger partial charge on any atom is 0.414 e. The standard InChI is InChI=1S/C24H29NO2.C2H2O4/c1-2-25-17-16-22(21-14-7-4-8-15-21)23(19-25)24(26)27-18-10-9-13-20-11-5-3-6-12-20;3-1(4)2(5)6/h3-8,11-12,14-15H,2,9-10,13,16-19H2,1H3;(H,3,4)(H,5,6). The molecule has 1 aliphatic heterocycles. The van der Waals surface area contributed by atoms with Crippen LogP contribution in [0.15, 0.2) is 66.2 Å². The van der Waals surface area contributed by atoms with Crippen molar-refractivity contribution in [2.45, 2.75) is 32.6 Å². The summed E-state index contributed by atoms with van der Waals surface area (Å²) in [5.74, 6) is -3.79. The Bertz CT molecular complexity index is 928. The maximum absolute atomic E-state index is 12.8. The first kappa shape index (κ1) is 25.8. The van der Waals surface area contributed by atoms with E-state index in [9.17, 15) is 4.79 Å². The number of ether oxygens (including phenoxy) is 1. The number of likely N-dealkylation sites (N-methyl/N-ethyl adjacent to an activating group) is 1. The number of carbonyl (C=O) groups excluding carboxylic acids is 1. The van der Waals surface area contributed by atoms with Crippen molar-refractivity contribution in [3.63, 3.8) is 0 Å².